The molecule has 1 N–H and O–H groups in total. The Labute approximate surface area is 121 Å². The van der Waals surface area contributed by atoms with Crippen molar-refractivity contribution in [3.8, 4) is 0 Å². The summed E-state index contributed by atoms with van der Waals surface area (Å²) in [4.78, 5) is 14.8. The average molecular weight is 272 g/mol. The van der Waals surface area contributed by atoms with Crippen LogP contribution in [0.3, 0.4) is 0 Å². The topological polar surface area (TPSA) is 32.3 Å². The summed E-state index contributed by atoms with van der Waals surface area (Å²) in [6.07, 6.45) is 6.54. The molecule has 3 heteroatoms. The second kappa shape index (κ2) is 5.96. The van der Waals surface area contributed by atoms with Crippen molar-refractivity contribution >= 4 is 5.91 Å². The minimum Gasteiger partial charge on any atom is -0.348 e. The fourth-order valence-corrected chi connectivity index (χ4v) is 3.56. The van der Waals surface area contributed by atoms with Crippen LogP contribution in [0.15, 0.2) is 24.3 Å². The van der Waals surface area contributed by atoms with E-state index in [0.29, 0.717) is 6.04 Å². The van der Waals surface area contributed by atoms with Crippen LogP contribution in [0.1, 0.15) is 48.0 Å². The summed E-state index contributed by atoms with van der Waals surface area (Å²) in [7, 11) is 0. The van der Waals surface area contributed by atoms with E-state index in [-0.39, 0.29) is 5.91 Å². The van der Waals surface area contributed by atoms with Crippen molar-refractivity contribution < 1.29 is 4.79 Å². The Hall–Kier alpha value is -1.35. The zero-order valence-corrected chi connectivity index (χ0v) is 12.3. The zero-order chi connectivity index (χ0) is 13.9. The van der Waals surface area contributed by atoms with Gasteiger partial charge in [-0.25, -0.2) is 0 Å². The van der Waals surface area contributed by atoms with Gasteiger partial charge < -0.3 is 5.32 Å². The fraction of sp³-hybridized carbons (Fsp3) is 0.588. The Balaban J connectivity index is 1.55. The quantitative estimate of drug-likeness (QED) is 0.917. The molecule has 20 heavy (non-hydrogen) atoms. The molecule has 2 aliphatic rings. The van der Waals surface area contributed by atoms with Gasteiger partial charge in [0.25, 0.3) is 5.91 Å². The third-order valence-electron chi connectivity index (χ3n) is 4.68. The van der Waals surface area contributed by atoms with Gasteiger partial charge in [-0.3, -0.25) is 9.69 Å². The summed E-state index contributed by atoms with van der Waals surface area (Å²) in [6, 6.07) is 8.92. The Morgan fingerprint density at radius 2 is 2.05 bits per heavy atom. The Kier molecular flexibility index (Phi) is 4.06. The number of likely N-dealkylation sites (tertiary alicyclic amines) is 1. The van der Waals surface area contributed by atoms with Crippen LogP contribution < -0.4 is 5.32 Å². The molecule has 1 amide bonds. The van der Waals surface area contributed by atoms with Crippen LogP contribution in [-0.4, -0.2) is 36.0 Å². The number of nitrogens with one attached hydrogen (secondary N) is 1. The number of hydrogen-bond donors (Lipinski definition) is 1. The summed E-state index contributed by atoms with van der Waals surface area (Å²) in [5.41, 5.74) is 1.92. The lowest BCUT2D eigenvalue weighted by Crippen LogP contribution is -2.39. The summed E-state index contributed by atoms with van der Waals surface area (Å²) in [5.74, 6) is 0.0759. The molecule has 0 spiro atoms. The molecule has 0 bridgehead atoms. The van der Waals surface area contributed by atoms with E-state index in [0.717, 1.165) is 36.7 Å². The zero-order valence-electron chi connectivity index (χ0n) is 12.3. The van der Waals surface area contributed by atoms with E-state index < -0.39 is 0 Å². The summed E-state index contributed by atoms with van der Waals surface area (Å²) in [6.45, 7) is 4.19. The van der Waals surface area contributed by atoms with Crippen LogP contribution in [0, 0.1) is 6.92 Å². The van der Waals surface area contributed by atoms with Crippen molar-refractivity contribution in [3.63, 3.8) is 0 Å². The predicted molar refractivity (Wildman–Crippen MR) is 80.9 cm³/mol. The highest BCUT2D eigenvalue weighted by Crippen LogP contribution is 2.26. The maximum atomic E-state index is 12.3. The van der Waals surface area contributed by atoms with Gasteiger partial charge >= 0.3 is 0 Å². The van der Waals surface area contributed by atoms with Crippen molar-refractivity contribution in [2.24, 2.45) is 0 Å². The van der Waals surface area contributed by atoms with E-state index in [2.05, 4.69) is 10.2 Å². The summed E-state index contributed by atoms with van der Waals surface area (Å²) in [5, 5.41) is 3.20. The van der Waals surface area contributed by atoms with Crippen molar-refractivity contribution in [2.75, 3.05) is 13.1 Å². The molecular weight excluding hydrogens is 248 g/mol. The van der Waals surface area contributed by atoms with Gasteiger partial charge in [-0.05, 0) is 38.3 Å². The number of hydrogen-bond acceptors (Lipinski definition) is 2. The number of nitrogens with zero attached hydrogens (tertiary/aromatic N) is 1. The van der Waals surface area contributed by atoms with Crippen molar-refractivity contribution in [2.45, 2.75) is 51.1 Å². The van der Waals surface area contributed by atoms with Crippen LogP contribution >= 0.6 is 0 Å². The maximum absolute atomic E-state index is 12.3. The first-order valence-electron chi connectivity index (χ1n) is 7.84. The van der Waals surface area contributed by atoms with Crippen molar-refractivity contribution in [3.05, 3.63) is 35.4 Å². The predicted octanol–water partition coefficient (Wildman–Crippen LogP) is 2.74. The van der Waals surface area contributed by atoms with E-state index >= 15 is 0 Å². The highest BCUT2D eigenvalue weighted by atomic mass is 16.1. The largest absolute Gasteiger partial charge is 0.348 e. The SMILES string of the molecule is Cc1cccc(C(=O)NC2CCN(C3CCCC3)C2)c1. The minimum absolute atomic E-state index is 0.0759. The molecule has 3 rings (SSSR count). The molecule has 0 aromatic heterocycles. The molecule has 1 aliphatic heterocycles. The number of aryl methyl sites for hydroxylation is 1. The van der Waals surface area contributed by atoms with Crippen molar-refractivity contribution in [1.82, 2.24) is 10.2 Å². The molecule has 1 atom stereocenters. The highest BCUT2D eigenvalue weighted by Gasteiger charge is 2.30. The molecule has 1 saturated heterocycles. The lowest BCUT2D eigenvalue weighted by molar-refractivity contribution is 0.0936. The van der Waals surface area contributed by atoms with E-state index in [1.54, 1.807) is 0 Å². The molecule has 1 aliphatic carbocycles. The van der Waals surface area contributed by atoms with Crippen LogP contribution in [0.5, 0.6) is 0 Å². The van der Waals surface area contributed by atoms with Gasteiger partial charge in [0, 0.05) is 30.7 Å². The molecule has 3 nitrogen and oxygen atoms in total. The first-order valence-corrected chi connectivity index (χ1v) is 7.84. The number of carbonyl (C=O) groups excluding carboxylic acids is 1. The van der Waals surface area contributed by atoms with Crippen LogP contribution in [-0.2, 0) is 0 Å². The van der Waals surface area contributed by atoms with E-state index in [9.17, 15) is 4.79 Å². The normalized spacial score (nSPS) is 24.1. The molecule has 1 heterocycles. The molecule has 1 aromatic rings. The summed E-state index contributed by atoms with van der Waals surface area (Å²) < 4.78 is 0. The van der Waals surface area contributed by atoms with Gasteiger partial charge in [0.1, 0.15) is 0 Å². The molecule has 0 radical (unpaired) electrons. The first kappa shape index (κ1) is 13.6. The average Bonchev–Trinajstić information content (AvgIpc) is 3.08. The van der Waals surface area contributed by atoms with Gasteiger partial charge in [-0.1, -0.05) is 30.5 Å². The third kappa shape index (κ3) is 3.04. The van der Waals surface area contributed by atoms with Gasteiger partial charge in [0.2, 0.25) is 0 Å². The van der Waals surface area contributed by atoms with Crippen molar-refractivity contribution in [1.29, 1.82) is 0 Å². The number of carbonyl (C=O) groups is 1. The molecule has 108 valence electrons. The van der Waals surface area contributed by atoms with Gasteiger partial charge in [0.15, 0.2) is 0 Å². The van der Waals surface area contributed by atoms with E-state index in [1.807, 2.05) is 31.2 Å². The minimum atomic E-state index is 0.0759. The molecule has 1 saturated carbocycles. The second-order valence-corrected chi connectivity index (χ2v) is 6.26. The Morgan fingerprint density at radius 3 is 2.80 bits per heavy atom. The van der Waals surface area contributed by atoms with Gasteiger partial charge in [-0.2, -0.15) is 0 Å². The maximum Gasteiger partial charge on any atom is 0.251 e. The standard InChI is InChI=1S/C17H24N2O/c1-13-5-4-6-14(11-13)17(20)18-15-9-10-19(12-15)16-7-2-3-8-16/h4-6,11,15-16H,2-3,7-10,12H2,1H3,(H,18,20). The number of amides is 1. The number of benzene rings is 1. The highest BCUT2D eigenvalue weighted by molar-refractivity contribution is 5.94. The number of rotatable bonds is 3. The Morgan fingerprint density at radius 1 is 1.25 bits per heavy atom. The third-order valence-corrected chi connectivity index (χ3v) is 4.68. The molecule has 1 unspecified atom stereocenters. The second-order valence-electron chi connectivity index (χ2n) is 6.26. The van der Waals surface area contributed by atoms with Gasteiger partial charge in [-0.15, -0.1) is 0 Å². The van der Waals surface area contributed by atoms with E-state index in [4.69, 9.17) is 0 Å². The molecule has 2 fully saturated rings. The lowest BCUT2D eigenvalue weighted by atomic mass is 10.1. The molecule has 1 aromatic carbocycles. The smallest absolute Gasteiger partial charge is 0.251 e. The lowest BCUT2D eigenvalue weighted by Gasteiger charge is -2.23. The first-order chi connectivity index (χ1) is 9.72. The van der Waals surface area contributed by atoms with Gasteiger partial charge in [0.05, 0.1) is 0 Å². The summed E-state index contributed by atoms with van der Waals surface area (Å²) >= 11 is 0. The van der Waals surface area contributed by atoms with Crippen LogP contribution in [0.4, 0.5) is 0 Å². The van der Waals surface area contributed by atoms with Crippen LogP contribution in [0.2, 0.25) is 0 Å². The monoisotopic (exact) mass is 272 g/mol. The Bertz CT molecular complexity index is 480. The molecular formula is C17H24N2O. The van der Waals surface area contributed by atoms with E-state index in [1.165, 1.54) is 25.7 Å². The van der Waals surface area contributed by atoms with Crippen LogP contribution in [0.25, 0.3) is 0 Å². The fourth-order valence-electron chi connectivity index (χ4n) is 3.56.